The monoisotopic (exact) mass is 342 g/mol. The molecule has 1 N–H and O–H groups in total. The Bertz CT molecular complexity index is 676. The molecule has 23 heavy (non-hydrogen) atoms. The molecule has 0 spiro atoms. The van der Waals surface area contributed by atoms with E-state index in [2.05, 4.69) is 5.32 Å². The number of nitrogens with one attached hydrogen (secondary N) is 1. The van der Waals surface area contributed by atoms with Crippen LogP contribution in [0, 0.1) is 12.7 Å². The highest BCUT2D eigenvalue weighted by Gasteiger charge is 2.34. The first kappa shape index (κ1) is 17.9. The molecule has 1 aliphatic rings. The van der Waals surface area contributed by atoms with Gasteiger partial charge in [0.05, 0.1) is 4.90 Å². The van der Waals surface area contributed by atoms with E-state index in [1.54, 1.807) is 6.92 Å². The van der Waals surface area contributed by atoms with Crippen LogP contribution in [-0.4, -0.2) is 37.8 Å². The van der Waals surface area contributed by atoms with Crippen LogP contribution in [0.3, 0.4) is 0 Å². The van der Waals surface area contributed by atoms with Gasteiger partial charge in [0.1, 0.15) is 5.82 Å². The number of aryl methyl sites for hydroxylation is 1. The van der Waals surface area contributed by atoms with Crippen molar-refractivity contribution in [3.8, 4) is 0 Å². The van der Waals surface area contributed by atoms with Crippen LogP contribution >= 0.6 is 0 Å². The fourth-order valence-corrected chi connectivity index (χ4v) is 4.93. The summed E-state index contributed by atoms with van der Waals surface area (Å²) in [6.07, 6.45) is 3.07. The van der Waals surface area contributed by atoms with Crippen molar-refractivity contribution < 1.29 is 17.6 Å². The molecule has 0 aliphatic carbocycles. The van der Waals surface area contributed by atoms with Crippen molar-refractivity contribution in [2.75, 3.05) is 13.1 Å². The van der Waals surface area contributed by atoms with Crippen LogP contribution < -0.4 is 5.32 Å². The molecule has 1 atom stereocenters. The first-order valence-electron chi connectivity index (χ1n) is 7.85. The van der Waals surface area contributed by atoms with Gasteiger partial charge in [-0.25, -0.2) is 12.8 Å². The van der Waals surface area contributed by atoms with Gasteiger partial charge >= 0.3 is 0 Å². The van der Waals surface area contributed by atoms with E-state index in [4.69, 9.17) is 0 Å². The lowest BCUT2D eigenvalue weighted by molar-refractivity contribution is -0.119. The molecule has 0 aromatic heterocycles. The number of halogens is 1. The van der Waals surface area contributed by atoms with E-state index in [1.807, 2.05) is 0 Å². The van der Waals surface area contributed by atoms with Crippen molar-refractivity contribution in [3.63, 3.8) is 0 Å². The molecule has 0 radical (unpaired) electrons. The normalized spacial score (nSPS) is 19.5. The molecule has 1 aromatic rings. The maximum atomic E-state index is 13.5. The Kier molecular flexibility index (Phi) is 5.75. The van der Waals surface area contributed by atoms with Gasteiger partial charge in [0.2, 0.25) is 15.9 Å². The van der Waals surface area contributed by atoms with Crippen molar-refractivity contribution >= 4 is 15.9 Å². The van der Waals surface area contributed by atoms with E-state index in [-0.39, 0.29) is 16.8 Å². The average Bonchev–Trinajstić information content (AvgIpc) is 2.49. The van der Waals surface area contributed by atoms with Gasteiger partial charge in [0.25, 0.3) is 0 Å². The Balaban J connectivity index is 2.24. The van der Waals surface area contributed by atoms with Crippen LogP contribution in [0.4, 0.5) is 4.39 Å². The number of carbonyl (C=O) groups excluding carboxylic acids is 1. The Morgan fingerprint density at radius 2 is 2.13 bits per heavy atom. The Morgan fingerprint density at radius 3 is 2.83 bits per heavy atom. The Morgan fingerprint density at radius 1 is 1.39 bits per heavy atom. The summed E-state index contributed by atoms with van der Waals surface area (Å²) in [4.78, 5) is 11.0. The van der Waals surface area contributed by atoms with Crippen LogP contribution in [-0.2, 0) is 14.8 Å². The summed E-state index contributed by atoms with van der Waals surface area (Å²) in [5.74, 6) is -0.683. The minimum absolute atomic E-state index is 0.0314. The highest BCUT2D eigenvalue weighted by molar-refractivity contribution is 7.89. The summed E-state index contributed by atoms with van der Waals surface area (Å²) in [5, 5.41) is 2.70. The van der Waals surface area contributed by atoms with E-state index < -0.39 is 15.8 Å². The summed E-state index contributed by atoms with van der Waals surface area (Å²) >= 11 is 0. The first-order valence-corrected chi connectivity index (χ1v) is 9.29. The molecule has 7 heteroatoms. The molecular formula is C16H23FN2O3S. The number of hydrogen-bond donors (Lipinski definition) is 1. The zero-order chi connectivity index (χ0) is 17.0. The van der Waals surface area contributed by atoms with Gasteiger partial charge in [0, 0.05) is 26.1 Å². The lowest BCUT2D eigenvalue weighted by Gasteiger charge is -2.35. The summed E-state index contributed by atoms with van der Waals surface area (Å²) in [7, 11) is -3.73. The fourth-order valence-electron chi connectivity index (χ4n) is 2.97. The molecule has 1 amide bonds. The average molecular weight is 342 g/mol. The predicted molar refractivity (Wildman–Crippen MR) is 86.0 cm³/mol. The smallest absolute Gasteiger partial charge is 0.243 e. The molecule has 128 valence electrons. The molecule has 0 bridgehead atoms. The molecular weight excluding hydrogens is 319 g/mol. The highest BCUT2D eigenvalue weighted by atomic mass is 32.2. The van der Waals surface area contributed by atoms with Gasteiger partial charge in [-0.15, -0.1) is 0 Å². The van der Waals surface area contributed by atoms with Crippen LogP contribution in [0.5, 0.6) is 0 Å². The zero-order valence-electron chi connectivity index (χ0n) is 13.5. The minimum Gasteiger partial charge on any atom is -0.356 e. The molecule has 2 rings (SSSR count). The number of carbonyl (C=O) groups is 1. The number of amides is 1. The molecule has 1 heterocycles. The first-order chi connectivity index (χ1) is 10.8. The minimum atomic E-state index is -3.73. The third-order valence-electron chi connectivity index (χ3n) is 4.16. The van der Waals surface area contributed by atoms with E-state index in [0.29, 0.717) is 25.1 Å². The van der Waals surface area contributed by atoms with Gasteiger partial charge in [0.15, 0.2) is 0 Å². The lowest BCUT2D eigenvalue weighted by Crippen LogP contribution is -2.45. The zero-order valence-corrected chi connectivity index (χ0v) is 14.3. The second-order valence-electron chi connectivity index (χ2n) is 5.95. The molecule has 5 nitrogen and oxygen atoms in total. The lowest BCUT2D eigenvalue weighted by atomic mass is 10.0. The maximum Gasteiger partial charge on any atom is 0.243 e. The van der Waals surface area contributed by atoms with Crippen LogP contribution in [0.2, 0.25) is 0 Å². The van der Waals surface area contributed by atoms with Crippen molar-refractivity contribution in [1.82, 2.24) is 9.62 Å². The maximum absolute atomic E-state index is 13.5. The summed E-state index contributed by atoms with van der Waals surface area (Å²) in [6, 6.07) is 3.67. The van der Waals surface area contributed by atoms with Crippen molar-refractivity contribution in [2.24, 2.45) is 0 Å². The number of nitrogens with zero attached hydrogens (tertiary/aromatic N) is 1. The summed E-state index contributed by atoms with van der Waals surface area (Å²) in [5.41, 5.74) is 0.539. The second kappa shape index (κ2) is 7.40. The van der Waals surface area contributed by atoms with Gasteiger partial charge in [-0.05, 0) is 43.9 Å². The van der Waals surface area contributed by atoms with Gasteiger partial charge in [-0.1, -0.05) is 12.5 Å². The van der Waals surface area contributed by atoms with E-state index in [9.17, 15) is 17.6 Å². The Labute approximate surface area is 136 Å². The van der Waals surface area contributed by atoms with Crippen molar-refractivity contribution in [3.05, 3.63) is 29.6 Å². The molecule has 1 aromatic carbocycles. The quantitative estimate of drug-likeness (QED) is 0.892. The van der Waals surface area contributed by atoms with E-state index in [0.717, 1.165) is 25.3 Å². The number of sulfonamides is 1. The number of hydrogen-bond acceptors (Lipinski definition) is 3. The SMILES string of the molecule is CC(=O)NCCC1CCCCN1S(=O)(=O)c1cc(F)ccc1C. The third-order valence-corrected chi connectivity index (χ3v) is 6.26. The second-order valence-corrected chi connectivity index (χ2v) is 7.81. The van der Waals surface area contributed by atoms with Crippen LogP contribution in [0.1, 0.15) is 38.2 Å². The molecule has 1 unspecified atom stereocenters. The van der Waals surface area contributed by atoms with Crippen LogP contribution in [0.15, 0.2) is 23.1 Å². The topological polar surface area (TPSA) is 66.5 Å². The highest BCUT2D eigenvalue weighted by Crippen LogP contribution is 2.28. The van der Waals surface area contributed by atoms with Gasteiger partial charge in [-0.3, -0.25) is 4.79 Å². The molecule has 1 saturated heterocycles. The number of benzene rings is 1. The van der Waals surface area contributed by atoms with E-state index in [1.165, 1.54) is 23.4 Å². The summed E-state index contributed by atoms with van der Waals surface area (Å²) in [6.45, 7) is 3.98. The van der Waals surface area contributed by atoms with Gasteiger partial charge in [-0.2, -0.15) is 4.31 Å². The largest absolute Gasteiger partial charge is 0.356 e. The molecule has 1 aliphatic heterocycles. The third kappa shape index (κ3) is 4.29. The van der Waals surface area contributed by atoms with Crippen molar-refractivity contribution in [2.45, 2.75) is 50.5 Å². The fraction of sp³-hybridized carbons (Fsp3) is 0.562. The van der Waals surface area contributed by atoms with Crippen molar-refractivity contribution in [1.29, 1.82) is 0 Å². The number of rotatable bonds is 5. The van der Waals surface area contributed by atoms with E-state index >= 15 is 0 Å². The van der Waals surface area contributed by atoms with Gasteiger partial charge < -0.3 is 5.32 Å². The molecule has 0 saturated carbocycles. The number of piperidine rings is 1. The van der Waals surface area contributed by atoms with Crippen LogP contribution in [0.25, 0.3) is 0 Å². The Hall–Kier alpha value is -1.47. The summed E-state index contributed by atoms with van der Waals surface area (Å²) < 4.78 is 40.9. The standard InChI is InChI=1S/C16H23FN2O3S/c1-12-6-7-14(17)11-16(12)23(21,22)19-10-4-3-5-15(19)8-9-18-13(2)20/h6-7,11,15H,3-5,8-10H2,1-2H3,(H,18,20). The predicted octanol–water partition coefficient (Wildman–Crippen LogP) is 2.20. The molecule has 1 fully saturated rings.